The summed E-state index contributed by atoms with van der Waals surface area (Å²) in [6, 6.07) is 1.59. The Balaban J connectivity index is 1.69. The second-order valence-electron chi connectivity index (χ2n) is 6.41. The molecular formula is C18H24N4O4. The average Bonchev–Trinajstić information content (AvgIpc) is 3.21. The molecule has 2 aromatic heterocycles. The molecule has 140 valence electrons. The molecule has 1 N–H and O–H groups in total. The largest absolute Gasteiger partial charge is 0.459 e. The Morgan fingerprint density at radius 3 is 2.92 bits per heavy atom. The molecule has 0 aliphatic carbocycles. The minimum Gasteiger partial charge on any atom is -0.459 e. The van der Waals surface area contributed by atoms with E-state index >= 15 is 0 Å². The molecule has 3 heterocycles. The molecule has 3 rings (SSSR count). The second kappa shape index (κ2) is 7.74. The number of furan rings is 1. The third-order valence-corrected chi connectivity index (χ3v) is 4.57. The van der Waals surface area contributed by atoms with Gasteiger partial charge in [0.05, 0.1) is 31.0 Å². The minimum absolute atomic E-state index is 0.0932. The van der Waals surface area contributed by atoms with Crippen LogP contribution in [0.5, 0.6) is 0 Å². The summed E-state index contributed by atoms with van der Waals surface area (Å²) in [5.41, 5.74) is 1.52. The van der Waals surface area contributed by atoms with E-state index in [0.717, 1.165) is 11.4 Å². The third kappa shape index (κ3) is 3.65. The van der Waals surface area contributed by atoms with Crippen molar-refractivity contribution in [1.82, 2.24) is 19.8 Å². The lowest BCUT2D eigenvalue weighted by molar-refractivity contribution is -0.120. The highest BCUT2D eigenvalue weighted by Crippen LogP contribution is 2.27. The standard InChI is InChI=1S/C18H24N4O4/c1-12-4-8-26-16(12)18(24)22-7-6-21-11-14(20-17(21)13(22)2)10-15(23)19-5-9-25-3/h4,8,11,13H,5-7,9-10H2,1-3H3,(H,19,23)/t13-/m0/s1. The van der Waals surface area contributed by atoms with Gasteiger partial charge in [-0.15, -0.1) is 0 Å². The van der Waals surface area contributed by atoms with Crippen molar-refractivity contribution >= 4 is 11.8 Å². The Morgan fingerprint density at radius 1 is 1.42 bits per heavy atom. The van der Waals surface area contributed by atoms with Crippen molar-refractivity contribution in [1.29, 1.82) is 0 Å². The van der Waals surface area contributed by atoms with Gasteiger partial charge in [0, 0.05) is 38.5 Å². The van der Waals surface area contributed by atoms with Crippen LogP contribution < -0.4 is 5.32 Å². The molecule has 2 aromatic rings. The van der Waals surface area contributed by atoms with Crippen LogP contribution in [-0.2, 0) is 22.5 Å². The van der Waals surface area contributed by atoms with E-state index in [1.165, 1.54) is 6.26 Å². The molecule has 0 radical (unpaired) electrons. The molecule has 0 saturated heterocycles. The number of imidazole rings is 1. The molecule has 1 aliphatic rings. The van der Waals surface area contributed by atoms with Crippen molar-refractivity contribution < 1.29 is 18.7 Å². The maximum atomic E-state index is 12.8. The van der Waals surface area contributed by atoms with Crippen LogP contribution in [0.2, 0.25) is 0 Å². The number of aryl methyl sites for hydroxylation is 1. The smallest absolute Gasteiger partial charge is 0.290 e. The van der Waals surface area contributed by atoms with Gasteiger partial charge in [-0.1, -0.05) is 0 Å². The summed E-state index contributed by atoms with van der Waals surface area (Å²) in [6.45, 7) is 5.96. The average molecular weight is 360 g/mol. The molecule has 1 aliphatic heterocycles. The first kappa shape index (κ1) is 18.2. The van der Waals surface area contributed by atoms with Gasteiger partial charge in [0.15, 0.2) is 5.76 Å². The lowest BCUT2D eigenvalue weighted by Crippen LogP contribution is -2.41. The van der Waals surface area contributed by atoms with E-state index < -0.39 is 0 Å². The Bertz CT molecular complexity index is 795. The second-order valence-corrected chi connectivity index (χ2v) is 6.41. The zero-order valence-electron chi connectivity index (χ0n) is 15.3. The number of fused-ring (bicyclic) bond motifs is 1. The highest BCUT2D eigenvalue weighted by Gasteiger charge is 2.32. The van der Waals surface area contributed by atoms with Gasteiger partial charge in [0.1, 0.15) is 5.82 Å². The molecular weight excluding hydrogens is 336 g/mol. The first-order chi connectivity index (χ1) is 12.5. The SMILES string of the molecule is COCCNC(=O)Cc1cn2c(n1)[C@H](C)N(C(=O)c1occc1C)CC2. The van der Waals surface area contributed by atoms with Crippen molar-refractivity contribution in [2.24, 2.45) is 0 Å². The number of hydrogen-bond donors (Lipinski definition) is 1. The predicted octanol–water partition coefficient (Wildman–Crippen LogP) is 1.31. The predicted molar refractivity (Wildman–Crippen MR) is 93.7 cm³/mol. The van der Waals surface area contributed by atoms with Crippen LogP contribution >= 0.6 is 0 Å². The van der Waals surface area contributed by atoms with E-state index in [2.05, 4.69) is 10.3 Å². The molecule has 0 fully saturated rings. The summed E-state index contributed by atoms with van der Waals surface area (Å²) in [5.74, 6) is 0.931. The molecule has 1 atom stereocenters. The molecule has 8 heteroatoms. The number of amides is 2. The van der Waals surface area contributed by atoms with Crippen molar-refractivity contribution in [2.45, 2.75) is 32.9 Å². The lowest BCUT2D eigenvalue weighted by Gasteiger charge is -2.33. The number of hydrogen-bond acceptors (Lipinski definition) is 5. The lowest BCUT2D eigenvalue weighted by atomic mass is 10.1. The number of methoxy groups -OCH3 is 1. The fraction of sp³-hybridized carbons (Fsp3) is 0.500. The number of ether oxygens (including phenoxy) is 1. The van der Waals surface area contributed by atoms with Crippen molar-refractivity contribution in [3.63, 3.8) is 0 Å². The van der Waals surface area contributed by atoms with Crippen LogP contribution in [0.3, 0.4) is 0 Å². The van der Waals surface area contributed by atoms with Gasteiger partial charge < -0.3 is 23.9 Å². The van der Waals surface area contributed by atoms with E-state index in [9.17, 15) is 9.59 Å². The molecule has 0 spiro atoms. The molecule has 0 bridgehead atoms. The minimum atomic E-state index is -0.189. The van der Waals surface area contributed by atoms with Crippen LogP contribution in [0, 0.1) is 6.92 Å². The number of aromatic nitrogens is 2. The maximum Gasteiger partial charge on any atom is 0.290 e. The van der Waals surface area contributed by atoms with Gasteiger partial charge in [0.25, 0.3) is 5.91 Å². The summed E-state index contributed by atoms with van der Waals surface area (Å²) in [6.07, 6.45) is 3.63. The summed E-state index contributed by atoms with van der Waals surface area (Å²) in [5, 5.41) is 2.79. The molecule has 0 saturated carbocycles. The molecule has 26 heavy (non-hydrogen) atoms. The van der Waals surface area contributed by atoms with Crippen molar-refractivity contribution in [3.05, 3.63) is 41.4 Å². The Kier molecular flexibility index (Phi) is 5.41. The van der Waals surface area contributed by atoms with Gasteiger partial charge in [-0.2, -0.15) is 0 Å². The quantitative estimate of drug-likeness (QED) is 0.785. The maximum absolute atomic E-state index is 12.8. The van der Waals surface area contributed by atoms with Crippen LogP contribution in [-0.4, -0.2) is 53.1 Å². The Labute approximate surface area is 152 Å². The van der Waals surface area contributed by atoms with E-state index in [1.807, 2.05) is 24.6 Å². The fourth-order valence-corrected chi connectivity index (χ4v) is 3.15. The van der Waals surface area contributed by atoms with Crippen LogP contribution in [0.15, 0.2) is 22.9 Å². The topological polar surface area (TPSA) is 89.6 Å². The van der Waals surface area contributed by atoms with Gasteiger partial charge in [0.2, 0.25) is 5.91 Å². The monoisotopic (exact) mass is 360 g/mol. The van der Waals surface area contributed by atoms with E-state index in [1.54, 1.807) is 18.1 Å². The normalized spacial score (nSPS) is 16.4. The van der Waals surface area contributed by atoms with Crippen LogP contribution in [0.1, 0.15) is 40.6 Å². The Hall–Kier alpha value is -2.61. The zero-order valence-corrected chi connectivity index (χ0v) is 15.3. The van der Waals surface area contributed by atoms with Crippen LogP contribution in [0.25, 0.3) is 0 Å². The number of nitrogens with zero attached hydrogens (tertiary/aromatic N) is 3. The van der Waals surface area contributed by atoms with Gasteiger partial charge in [-0.05, 0) is 19.9 Å². The summed E-state index contributed by atoms with van der Waals surface area (Å²) in [7, 11) is 1.59. The van der Waals surface area contributed by atoms with E-state index in [-0.39, 0.29) is 24.3 Å². The summed E-state index contributed by atoms with van der Waals surface area (Å²) in [4.78, 5) is 31.0. The van der Waals surface area contributed by atoms with Gasteiger partial charge in [-0.3, -0.25) is 9.59 Å². The van der Waals surface area contributed by atoms with Crippen molar-refractivity contribution in [3.8, 4) is 0 Å². The van der Waals surface area contributed by atoms with E-state index in [4.69, 9.17) is 9.15 Å². The van der Waals surface area contributed by atoms with Gasteiger partial charge >= 0.3 is 0 Å². The van der Waals surface area contributed by atoms with Gasteiger partial charge in [-0.25, -0.2) is 4.98 Å². The number of carbonyl (C=O) groups excluding carboxylic acids is 2. The van der Waals surface area contributed by atoms with Crippen LogP contribution in [0.4, 0.5) is 0 Å². The van der Waals surface area contributed by atoms with Crippen molar-refractivity contribution in [2.75, 3.05) is 26.8 Å². The number of nitrogens with one attached hydrogen (secondary N) is 1. The number of carbonyl (C=O) groups is 2. The number of rotatable bonds is 6. The van der Waals surface area contributed by atoms with E-state index in [0.29, 0.717) is 37.7 Å². The highest BCUT2D eigenvalue weighted by molar-refractivity contribution is 5.93. The Morgan fingerprint density at radius 2 is 2.23 bits per heavy atom. The highest BCUT2D eigenvalue weighted by atomic mass is 16.5. The molecule has 2 amide bonds. The molecule has 8 nitrogen and oxygen atoms in total. The molecule has 0 aromatic carbocycles. The first-order valence-electron chi connectivity index (χ1n) is 8.68. The summed E-state index contributed by atoms with van der Waals surface area (Å²) >= 11 is 0. The first-order valence-corrected chi connectivity index (χ1v) is 8.68. The molecule has 0 unspecified atom stereocenters. The third-order valence-electron chi connectivity index (χ3n) is 4.57. The summed E-state index contributed by atoms with van der Waals surface area (Å²) < 4.78 is 12.3. The zero-order chi connectivity index (χ0) is 18.7. The fourth-order valence-electron chi connectivity index (χ4n) is 3.15.